The van der Waals surface area contributed by atoms with Gasteiger partial charge in [0, 0.05) is 51.5 Å². The Morgan fingerprint density at radius 2 is 2.17 bits per heavy atom. The maximum absolute atomic E-state index is 6.25. The molecule has 2 saturated heterocycles. The summed E-state index contributed by atoms with van der Waals surface area (Å²) in [5, 5.41) is 7.61. The number of rotatable bonds is 10. The molecule has 7 nitrogen and oxygen atoms in total. The first-order chi connectivity index (χ1) is 14.8. The van der Waals surface area contributed by atoms with Gasteiger partial charge >= 0.3 is 0 Å². The summed E-state index contributed by atoms with van der Waals surface area (Å²) in [5.41, 5.74) is 1.20. The smallest absolute Gasteiger partial charge is 0.191 e. The molecule has 0 spiro atoms. The number of hydrogen-bond acceptors (Lipinski definition) is 5. The Balaban J connectivity index is 1.42. The number of hydrogen-bond donors (Lipinski definition) is 2. The molecule has 0 bridgehead atoms. The summed E-state index contributed by atoms with van der Waals surface area (Å²) in [7, 11) is 1.80. The van der Waals surface area contributed by atoms with Crippen LogP contribution in [0.5, 0.6) is 0 Å². The minimum Gasteiger partial charge on any atom is -0.379 e. The quantitative estimate of drug-likeness (QED) is 0.332. The van der Waals surface area contributed by atoms with Crippen molar-refractivity contribution in [2.75, 3.05) is 66.3 Å². The molecule has 2 aliphatic heterocycles. The lowest BCUT2D eigenvalue weighted by Crippen LogP contribution is -2.46. The zero-order valence-electron chi connectivity index (χ0n) is 17.9. The third-order valence-electron chi connectivity index (χ3n) is 5.49. The van der Waals surface area contributed by atoms with Gasteiger partial charge in [0.2, 0.25) is 0 Å². The van der Waals surface area contributed by atoms with Gasteiger partial charge in [0.05, 0.1) is 32.0 Å². The summed E-state index contributed by atoms with van der Waals surface area (Å²) in [6, 6.07) is 8.31. The first-order valence-corrected chi connectivity index (χ1v) is 11.3. The summed E-state index contributed by atoms with van der Waals surface area (Å²) >= 11 is 6.25. The predicted octanol–water partition coefficient (Wildman–Crippen LogP) is 2.46. The number of morpholine rings is 1. The van der Waals surface area contributed by atoms with Gasteiger partial charge in [0.25, 0.3) is 0 Å². The standard InChI is InChI=1S/C22H35ClN4O3/c1-24-22(25-8-4-11-29-17-20-7-3-12-30-20)26-16-21(27-9-13-28-14-10-27)18-5-2-6-19(23)15-18/h2,5-6,15,20-21H,3-4,7-14,16-17H2,1H3,(H2,24,25,26). The first-order valence-electron chi connectivity index (χ1n) is 11.0. The summed E-state index contributed by atoms with van der Waals surface area (Å²) < 4.78 is 16.8. The molecule has 2 atom stereocenters. The fourth-order valence-corrected chi connectivity index (χ4v) is 4.05. The van der Waals surface area contributed by atoms with Gasteiger partial charge < -0.3 is 24.8 Å². The summed E-state index contributed by atoms with van der Waals surface area (Å²) in [6.45, 7) is 7.20. The predicted molar refractivity (Wildman–Crippen MR) is 120 cm³/mol. The zero-order valence-corrected chi connectivity index (χ0v) is 18.7. The molecule has 2 aliphatic rings. The van der Waals surface area contributed by atoms with Crippen LogP contribution in [0, 0.1) is 0 Å². The molecule has 2 N–H and O–H groups in total. The van der Waals surface area contributed by atoms with Crippen molar-refractivity contribution in [3.63, 3.8) is 0 Å². The van der Waals surface area contributed by atoms with E-state index in [4.69, 9.17) is 25.8 Å². The molecular weight excluding hydrogens is 404 g/mol. The third-order valence-corrected chi connectivity index (χ3v) is 5.73. The van der Waals surface area contributed by atoms with Crippen molar-refractivity contribution in [3.8, 4) is 0 Å². The average molecular weight is 439 g/mol. The van der Waals surface area contributed by atoms with Crippen LogP contribution in [0.25, 0.3) is 0 Å². The van der Waals surface area contributed by atoms with E-state index >= 15 is 0 Å². The summed E-state index contributed by atoms with van der Waals surface area (Å²) in [4.78, 5) is 6.80. The average Bonchev–Trinajstić information content (AvgIpc) is 3.29. The van der Waals surface area contributed by atoms with Gasteiger partial charge in [-0.1, -0.05) is 23.7 Å². The van der Waals surface area contributed by atoms with Crippen LogP contribution in [-0.2, 0) is 14.2 Å². The second-order valence-corrected chi connectivity index (χ2v) is 8.10. The normalized spacial score (nSPS) is 21.5. The highest BCUT2D eigenvalue weighted by molar-refractivity contribution is 6.30. The minimum absolute atomic E-state index is 0.209. The summed E-state index contributed by atoms with van der Waals surface area (Å²) in [5.74, 6) is 0.800. The van der Waals surface area contributed by atoms with Crippen LogP contribution < -0.4 is 10.6 Å². The van der Waals surface area contributed by atoms with Crippen LogP contribution in [0.4, 0.5) is 0 Å². The molecule has 1 aromatic rings. The molecule has 0 saturated carbocycles. The number of ether oxygens (including phenoxy) is 3. The number of guanidine groups is 1. The van der Waals surface area contributed by atoms with Crippen LogP contribution in [0.1, 0.15) is 30.9 Å². The minimum atomic E-state index is 0.209. The molecule has 0 radical (unpaired) electrons. The lowest BCUT2D eigenvalue weighted by Gasteiger charge is -2.35. The zero-order chi connectivity index (χ0) is 21.0. The molecular formula is C22H35ClN4O3. The van der Waals surface area contributed by atoms with Crippen molar-refractivity contribution >= 4 is 17.6 Å². The molecule has 168 valence electrons. The van der Waals surface area contributed by atoms with Crippen LogP contribution >= 0.6 is 11.6 Å². The Bertz CT molecular complexity index is 649. The van der Waals surface area contributed by atoms with Crippen LogP contribution in [0.15, 0.2) is 29.3 Å². The molecule has 2 fully saturated rings. The maximum atomic E-state index is 6.25. The SMILES string of the molecule is CN=C(NCCCOCC1CCCO1)NCC(c1cccc(Cl)c1)N1CCOCC1. The second kappa shape index (κ2) is 13.1. The maximum Gasteiger partial charge on any atom is 0.191 e. The van der Waals surface area contributed by atoms with Gasteiger partial charge in [0.15, 0.2) is 5.96 Å². The lowest BCUT2D eigenvalue weighted by atomic mass is 10.0. The molecule has 30 heavy (non-hydrogen) atoms. The van der Waals surface area contributed by atoms with E-state index in [0.29, 0.717) is 6.61 Å². The van der Waals surface area contributed by atoms with Gasteiger partial charge in [-0.15, -0.1) is 0 Å². The Labute approximate surface area is 185 Å². The largest absolute Gasteiger partial charge is 0.379 e. The third kappa shape index (κ3) is 7.71. The van der Waals surface area contributed by atoms with Crippen molar-refractivity contribution in [3.05, 3.63) is 34.9 Å². The van der Waals surface area contributed by atoms with E-state index in [1.165, 1.54) is 5.56 Å². The van der Waals surface area contributed by atoms with Crippen LogP contribution in [0.2, 0.25) is 5.02 Å². The van der Waals surface area contributed by atoms with Gasteiger partial charge in [-0.05, 0) is 37.0 Å². The number of benzene rings is 1. The molecule has 0 amide bonds. The fraction of sp³-hybridized carbons (Fsp3) is 0.682. The highest BCUT2D eigenvalue weighted by Crippen LogP contribution is 2.24. The van der Waals surface area contributed by atoms with Crippen LogP contribution in [-0.4, -0.2) is 83.2 Å². The van der Waals surface area contributed by atoms with Crippen molar-refractivity contribution < 1.29 is 14.2 Å². The number of nitrogens with one attached hydrogen (secondary N) is 2. The molecule has 2 heterocycles. The Kier molecular flexibility index (Phi) is 10.2. The molecule has 2 unspecified atom stereocenters. The second-order valence-electron chi connectivity index (χ2n) is 7.66. The fourth-order valence-electron chi connectivity index (χ4n) is 3.85. The Morgan fingerprint density at radius 3 is 2.90 bits per heavy atom. The van der Waals surface area contributed by atoms with Crippen LogP contribution in [0.3, 0.4) is 0 Å². The first kappa shape index (κ1) is 23.3. The molecule has 3 rings (SSSR count). The highest BCUT2D eigenvalue weighted by atomic mass is 35.5. The van der Waals surface area contributed by atoms with E-state index in [1.807, 2.05) is 18.2 Å². The van der Waals surface area contributed by atoms with Crippen molar-refractivity contribution in [1.82, 2.24) is 15.5 Å². The molecule has 8 heteroatoms. The highest BCUT2D eigenvalue weighted by Gasteiger charge is 2.23. The van der Waals surface area contributed by atoms with Gasteiger partial charge in [-0.25, -0.2) is 0 Å². The number of nitrogens with zero attached hydrogens (tertiary/aromatic N) is 2. The van der Waals surface area contributed by atoms with E-state index in [1.54, 1.807) is 7.05 Å². The van der Waals surface area contributed by atoms with Gasteiger partial charge in [0.1, 0.15) is 0 Å². The van der Waals surface area contributed by atoms with Gasteiger partial charge in [-0.3, -0.25) is 9.89 Å². The molecule has 0 aromatic heterocycles. The van der Waals surface area contributed by atoms with E-state index < -0.39 is 0 Å². The van der Waals surface area contributed by atoms with E-state index in [-0.39, 0.29) is 12.1 Å². The van der Waals surface area contributed by atoms with Gasteiger partial charge in [-0.2, -0.15) is 0 Å². The summed E-state index contributed by atoms with van der Waals surface area (Å²) in [6.07, 6.45) is 3.48. The van der Waals surface area contributed by atoms with E-state index in [2.05, 4.69) is 26.6 Å². The Hall–Kier alpha value is -1.38. The molecule has 0 aliphatic carbocycles. The van der Waals surface area contributed by atoms with Crippen molar-refractivity contribution in [2.45, 2.75) is 31.4 Å². The van der Waals surface area contributed by atoms with E-state index in [9.17, 15) is 0 Å². The topological polar surface area (TPSA) is 67.4 Å². The molecule has 1 aromatic carbocycles. The number of aliphatic imine (C=N–C) groups is 1. The van der Waals surface area contributed by atoms with E-state index in [0.717, 1.165) is 82.9 Å². The lowest BCUT2D eigenvalue weighted by molar-refractivity contribution is 0.0165. The number of halogens is 1. The Morgan fingerprint density at radius 1 is 1.30 bits per heavy atom. The van der Waals surface area contributed by atoms with Crippen molar-refractivity contribution in [2.24, 2.45) is 4.99 Å². The monoisotopic (exact) mass is 438 g/mol. The van der Waals surface area contributed by atoms with Crippen molar-refractivity contribution in [1.29, 1.82) is 0 Å².